The van der Waals surface area contributed by atoms with E-state index in [2.05, 4.69) is 15.6 Å². The number of halogens is 2. The highest BCUT2D eigenvalue weighted by atomic mass is 35.5. The van der Waals surface area contributed by atoms with Crippen molar-refractivity contribution in [3.05, 3.63) is 38.8 Å². The standard InChI is InChI=1S/C13H11Cl2N3O2S/c1-6-7(2)21-13(16-6)18-12(20)11(19)17-8-3-4-9(14)10(15)5-8/h3-5H,1-2H3,(H,17,19)(H,16,18,20). The van der Waals surface area contributed by atoms with E-state index in [4.69, 9.17) is 23.2 Å². The second-order valence-corrected chi connectivity index (χ2v) is 6.22. The van der Waals surface area contributed by atoms with Crippen molar-refractivity contribution in [3.63, 3.8) is 0 Å². The molecule has 0 aliphatic rings. The first-order chi connectivity index (χ1) is 9.86. The van der Waals surface area contributed by atoms with Crippen molar-refractivity contribution < 1.29 is 9.59 Å². The van der Waals surface area contributed by atoms with Crippen LogP contribution in [-0.2, 0) is 9.59 Å². The van der Waals surface area contributed by atoms with Crippen molar-refractivity contribution in [2.24, 2.45) is 0 Å². The molecular weight excluding hydrogens is 333 g/mol. The van der Waals surface area contributed by atoms with Gasteiger partial charge in [0.1, 0.15) is 0 Å². The molecule has 1 heterocycles. The minimum Gasteiger partial charge on any atom is -0.318 e. The van der Waals surface area contributed by atoms with Crippen molar-refractivity contribution >= 4 is 57.2 Å². The van der Waals surface area contributed by atoms with Gasteiger partial charge >= 0.3 is 11.8 Å². The van der Waals surface area contributed by atoms with Crippen LogP contribution in [0.15, 0.2) is 18.2 Å². The molecule has 0 aliphatic carbocycles. The van der Waals surface area contributed by atoms with Gasteiger partial charge in [-0.05, 0) is 32.0 Å². The molecule has 0 unspecified atom stereocenters. The molecule has 2 amide bonds. The maximum Gasteiger partial charge on any atom is 0.315 e. The third-order valence-electron chi connectivity index (χ3n) is 2.63. The Bertz CT molecular complexity index is 696. The number of nitrogens with zero attached hydrogens (tertiary/aromatic N) is 1. The first-order valence-electron chi connectivity index (χ1n) is 5.88. The summed E-state index contributed by atoms with van der Waals surface area (Å²) >= 11 is 12.9. The van der Waals surface area contributed by atoms with Crippen LogP contribution in [-0.4, -0.2) is 16.8 Å². The molecule has 0 bridgehead atoms. The van der Waals surface area contributed by atoms with E-state index in [1.165, 1.54) is 23.5 Å². The molecule has 0 spiro atoms. The second-order valence-electron chi connectivity index (χ2n) is 4.20. The number of aromatic nitrogens is 1. The van der Waals surface area contributed by atoms with Gasteiger partial charge in [-0.3, -0.25) is 14.9 Å². The topological polar surface area (TPSA) is 71.1 Å². The molecule has 21 heavy (non-hydrogen) atoms. The Morgan fingerprint density at radius 2 is 1.76 bits per heavy atom. The second kappa shape index (κ2) is 6.43. The zero-order valence-electron chi connectivity index (χ0n) is 11.2. The smallest absolute Gasteiger partial charge is 0.315 e. The number of hydrogen-bond acceptors (Lipinski definition) is 4. The highest BCUT2D eigenvalue weighted by Crippen LogP contribution is 2.25. The van der Waals surface area contributed by atoms with Gasteiger partial charge in [0.15, 0.2) is 5.13 Å². The number of aryl methyl sites for hydroxylation is 2. The average Bonchev–Trinajstić information content (AvgIpc) is 2.72. The summed E-state index contributed by atoms with van der Waals surface area (Å²) in [5.74, 6) is -1.60. The largest absolute Gasteiger partial charge is 0.318 e. The molecule has 2 rings (SSSR count). The maximum atomic E-state index is 11.8. The van der Waals surface area contributed by atoms with Crippen molar-refractivity contribution in [1.82, 2.24) is 4.98 Å². The Hall–Kier alpha value is -1.63. The van der Waals surface area contributed by atoms with E-state index in [-0.39, 0.29) is 0 Å². The van der Waals surface area contributed by atoms with Crippen LogP contribution in [0.5, 0.6) is 0 Å². The summed E-state index contributed by atoms with van der Waals surface area (Å²) < 4.78 is 0. The summed E-state index contributed by atoms with van der Waals surface area (Å²) in [6, 6.07) is 4.55. The number of nitrogens with one attached hydrogen (secondary N) is 2. The number of rotatable bonds is 2. The molecule has 0 aliphatic heterocycles. The Kier molecular flexibility index (Phi) is 4.82. The number of thiazole rings is 1. The van der Waals surface area contributed by atoms with Crippen LogP contribution in [0.2, 0.25) is 10.0 Å². The lowest BCUT2D eigenvalue weighted by Crippen LogP contribution is -2.29. The Morgan fingerprint density at radius 3 is 2.33 bits per heavy atom. The maximum absolute atomic E-state index is 11.8. The van der Waals surface area contributed by atoms with E-state index >= 15 is 0 Å². The highest BCUT2D eigenvalue weighted by molar-refractivity contribution is 7.15. The number of amides is 2. The number of hydrogen-bond donors (Lipinski definition) is 2. The normalized spacial score (nSPS) is 10.3. The number of benzene rings is 1. The van der Waals surface area contributed by atoms with E-state index in [0.29, 0.717) is 20.9 Å². The predicted molar refractivity (Wildman–Crippen MR) is 85.3 cm³/mol. The zero-order chi connectivity index (χ0) is 15.6. The molecule has 0 saturated carbocycles. The summed E-state index contributed by atoms with van der Waals surface area (Å²) in [4.78, 5) is 28.7. The van der Waals surface area contributed by atoms with Crippen LogP contribution in [0, 0.1) is 13.8 Å². The van der Waals surface area contributed by atoms with Crippen molar-refractivity contribution in [2.75, 3.05) is 10.6 Å². The fraction of sp³-hybridized carbons (Fsp3) is 0.154. The van der Waals surface area contributed by atoms with Gasteiger partial charge in [-0.1, -0.05) is 23.2 Å². The van der Waals surface area contributed by atoms with Crippen molar-refractivity contribution in [1.29, 1.82) is 0 Å². The number of carbonyl (C=O) groups excluding carboxylic acids is 2. The van der Waals surface area contributed by atoms with Gasteiger partial charge in [0.2, 0.25) is 0 Å². The van der Waals surface area contributed by atoms with E-state index in [1.54, 1.807) is 6.07 Å². The van der Waals surface area contributed by atoms with Gasteiger partial charge in [-0.2, -0.15) is 0 Å². The van der Waals surface area contributed by atoms with Crippen molar-refractivity contribution in [3.8, 4) is 0 Å². The first kappa shape index (κ1) is 15.8. The Labute approximate surface area is 135 Å². The molecule has 8 heteroatoms. The SMILES string of the molecule is Cc1nc(NC(=O)C(=O)Nc2ccc(Cl)c(Cl)c2)sc1C. The Balaban J connectivity index is 2.02. The molecular formula is C13H11Cl2N3O2S. The number of carbonyl (C=O) groups is 2. The van der Waals surface area contributed by atoms with Gasteiger partial charge in [0, 0.05) is 10.6 Å². The van der Waals surface area contributed by atoms with Crippen LogP contribution in [0.25, 0.3) is 0 Å². The molecule has 0 fully saturated rings. The van der Waals surface area contributed by atoms with Crippen molar-refractivity contribution in [2.45, 2.75) is 13.8 Å². The quantitative estimate of drug-likeness (QED) is 0.817. The van der Waals surface area contributed by atoms with Crippen LogP contribution in [0.1, 0.15) is 10.6 Å². The first-order valence-corrected chi connectivity index (χ1v) is 7.45. The lowest BCUT2D eigenvalue weighted by atomic mass is 10.3. The van der Waals surface area contributed by atoms with Gasteiger partial charge < -0.3 is 5.32 Å². The lowest BCUT2D eigenvalue weighted by Gasteiger charge is -2.05. The van der Waals surface area contributed by atoms with E-state index < -0.39 is 11.8 Å². The molecule has 110 valence electrons. The molecule has 2 N–H and O–H groups in total. The van der Waals surface area contributed by atoms with Crippen LogP contribution in [0.4, 0.5) is 10.8 Å². The fourth-order valence-electron chi connectivity index (χ4n) is 1.44. The van der Waals surface area contributed by atoms with Gasteiger partial charge in [-0.15, -0.1) is 11.3 Å². The third-order valence-corrected chi connectivity index (χ3v) is 4.36. The molecule has 1 aromatic heterocycles. The summed E-state index contributed by atoms with van der Waals surface area (Å²) in [7, 11) is 0. The van der Waals surface area contributed by atoms with Crippen LogP contribution in [0.3, 0.4) is 0 Å². The minimum absolute atomic E-state index is 0.293. The minimum atomic E-state index is -0.807. The highest BCUT2D eigenvalue weighted by Gasteiger charge is 2.16. The van der Waals surface area contributed by atoms with E-state index in [0.717, 1.165) is 10.6 Å². The molecule has 0 saturated heterocycles. The summed E-state index contributed by atoms with van der Waals surface area (Å²) in [5.41, 5.74) is 1.20. The molecule has 0 atom stereocenters. The van der Waals surface area contributed by atoms with Gasteiger partial charge in [0.05, 0.1) is 15.7 Å². The van der Waals surface area contributed by atoms with Crippen LogP contribution < -0.4 is 10.6 Å². The van der Waals surface area contributed by atoms with Gasteiger partial charge in [0.25, 0.3) is 0 Å². The molecule has 0 radical (unpaired) electrons. The molecule has 1 aromatic carbocycles. The van der Waals surface area contributed by atoms with Crippen LogP contribution >= 0.6 is 34.5 Å². The lowest BCUT2D eigenvalue weighted by molar-refractivity contribution is -0.132. The zero-order valence-corrected chi connectivity index (χ0v) is 13.5. The third kappa shape index (κ3) is 3.93. The van der Waals surface area contributed by atoms with E-state index in [9.17, 15) is 9.59 Å². The average molecular weight is 344 g/mol. The predicted octanol–water partition coefficient (Wildman–Crippen LogP) is 3.64. The fourth-order valence-corrected chi connectivity index (χ4v) is 2.55. The molecule has 2 aromatic rings. The summed E-state index contributed by atoms with van der Waals surface area (Å²) in [6.07, 6.45) is 0. The Morgan fingerprint density at radius 1 is 1.10 bits per heavy atom. The molecule has 5 nitrogen and oxygen atoms in total. The summed E-state index contributed by atoms with van der Waals surface area (Å²) in [5, 5.41) is 5.93. The summed E-state index contributed by atoms with van der Waals surface area (Å²) in [6.45, 7) is 3.72. The monoisotopic (exact) mass is 343 g/mol. The number of anilines is 2. The van der Waals surface area contributed by atoms with Gasteiger partial charge in [-0.25, -0.2) is 4.98 Å². The van der Waals surface area contributed by atoms with E-state index in [1.807, 2.05) is 13.8 Å².